The number of anilines is 2. The quantitative estimate of drug-likeness (QED) is 0.731. The molecule has 1 atom stereocenters. The molecule has 1 unspecified atom stereocenters. The van der Waals surface area contributed by atoms with Gasteiger partial charge in [0.25, 0.3) is 0 Å². The van der Waals surface area contributed by atoms with Gasteiger partial charge in [-0.25, -0.2) is 8.42 Å². The van der Waals surface area contributed by atoms with Crippen LogP contribution >= 0.6 is 0 Å². The second-order valence-electron chi connectivity index (χ2n) is 3.96. The van der Waals surface area contributed by atoms with Gasteiger partial charge in [0, 0.05) is 0 Å². The van der Waals surface area contributed by atoms with Crippen molar-refractivity contribution in [2.24, 2.45) is 0 Å². The molecule has 1 aliphatic heterocycles. The predicted molar refractivity (Wildman–Crippen MR) is 61.2 cm³/mol. The van der Waals surface area contributed by atoms with Crippen LogP contribution in [0.1, 0.15) is 30.2 Å². The highest BCUT2D eigenvalue weighted by atomic mass is 32.2. The predicted octanol–water partition coefficient (Wildman–Crippen LogP) is 0.281. The van der Waals surface area contributed by atoms with Crippen molar-refractivity contribution in [3.05, 3.63) is 11.8 Å². The molecule has 2 heterocycles. The Morgan fingerprint density at radius 2 is 2.00 bits per heavy atom. The van der Waals surface area contributed by atoms with E-state index in [0.29, 0.717) is 12.1 Å². The third-order valence-corrected chi connectivity index (χ3v) is 4.98. The monoisotopic (exact) mass is 242 g/mol. The van der Waals surface area contributed by atoms with E-state index in [-0.39, 0.29) is 17.3 Å². The molecule has 0 aromatic carbocycles. The molecular formula is C9H14N4O2S. The van der Waals surface area contributed by atoms with E-state index in [2.05, 4.69) is 10.2 Å². The van der Waals surface area contributed by atoms with E-state index in [1.165, 1.54) is 6.07 Å². The number of rotatable bonds is 1. The number of hydrogen-bond donors (Lipinski definition) is 2. The molecule has 0 bridgehead atoms. The Labute approximate surface area is 94.0 Å². The first kappa shape index (κ1) is 11.1. The lowest BCUT2D eigenvalue weighted by molar-refractivity contribution is 0.541. The minimum atomic E-state index is -3.11. The standard InChI is InChI=1S/C9H14N4O2S/c10-6-5-7(12-13-9(6)11)8-3-1-2-4-16(8,14)15/h5,8H,1-4H2,(H2,10,12)(H2,11,13). The highest BCUT2D eigenvalue weighted by Crippen LogP contribution is 2.32. The number of aromatic nitrogens is 2. The maximum Gasteiger partial charge on any atom is 0.169 e. The van der Waals surface area contributed by atoms with E-state index in [9.17, 15) is 8.42 Å². The Bertz CT molecular complexity index is 500. The van der Waals surface area contributed by atoms with Crippen molar-refractivity contribution in [2.75, 3.05) is 17.2 Å². The van der Waals surface area contributed by atoms with Crippen molar-refractivity contribution >= 4 is 21.3 Å². The first-order valence-electron chi connectivity index (χ1n) is 5.11. The van der Waals surface area contributed by atoms with Crippen LogP contribution < -0.4 is 11.5 Å². The highest BCUT2D eigenvalue weighted by Gasteiger charge is 2.31. The summed E-state index contributed by atoms with van der Waals surface area (Å²) in [7, 11) is -3.11. The summed E-state index contributed by atoms with van der Waals surface area (Å²) >= 11 is 0. The van der Waals surface area contributed by atoms with Gasteiger partial charge in [-0.2, -0.15) is 5.10 Å². The molecule has 7 heteroatoms. The molecule has 88 valence electrons. The van der Waals surface area contributed by atoms with Gasteiger partial charge >= 0.3 is 0 Å². The van der Waals surface area contributed by atoms with E-state index in [1.807, 2.05) is 0 Å². The summed E-state index contributed by atoms with van der Waals surface area (Å²) in [4.78, 5) is 0. The third kappa shape index (κ3) is 1.95. The molecule has 0 saturated carbocycles. The van der Waals surface area contributed by atoms with Gasteiger partial charge in [0.05, 0.1) is 17.1 Å². The SMILES string of the molecule is Nc1cc(C2CCCCS2(=O)=O)nnc1N. The molecule has 16 heavy (non-hydrogen) atoms. The zero-order chi connectivity index (χ0) is 11.8. The zero-order valence-corrected chi connectivity index (χ0v) is 9.57. The van der Waals surface area contributed by atoms with Gasteiger partial charge in [-0.15, -0.1) is 5.10 Å². The van der Waals surface area contributed by atoms with E-state index in [1.54, 1.807) is 0 Å². The molecule has 0 aliphatic carbocycles. The first-order chi connectivity index (χ1) is 7.50. The van der Waals surface area contributed by atoms with Gasteiger partial charge in [0.15, 0.2) is 15.7 Å². The Morgan fingerprint density at radius 3 is 2.62 bits per heavy atom. The lowest BCUT2D eigenvalue weighted by atomic mass is 10.1. The summed E-state index contributed by atoms with van der Waals surface area (Å²) in [6.45, 7) is 0. The van der Waals surface area contributed by atoms with Gasteiger partial charge in [0.1, 0.15) is 5.25 Å². The fourth-order valence-electron chi connectivity index (χ4n) is 1.88. The Kier molecular flexibility index (Phi) is 2.71. The number of sulfone groups is 1. The van der Waals surface area contributed by atoms with Gasteiger partial charge in [-0.05, 0) is 18.9 Å². The van der Waals surface area contributed by atoms with E-state index in [4.69, 9.17) is 11.5 Å². The Morgan fingerprint density at radius 1 is 1.25 bits per heavy atom. The van der Waals surface area contributed by atoms with Gasteiger partial charge in [-0.1, -0.05) is 6.42 Å². The smallest absolute Gasteiger partial charge is 0.169 e. The summed E-state index contributed by atoms with van der Waals surface area (Å²) in [5.41, 5.74) is 11.7. The fourth-order valence-corrected chi connectivity index (χ4v) is 3.78. The van der Waals surface area contributed by atoms with Crippen molar-refractivity contribution in [1.29, 1.82) is 0 Å². The van der Waals surface area contributed by atoms with Gasteiger partial charge in [0.2, 0.25) is 0 Å². The van der Waals surface area contributed by atoms with Gasteiger partial charge in [-0.3, -0.25) is 0 Å². The van der Waals surface area contributed by atoms with Crippen LogP contribution in [0.25, 0.3) is 0 Å². The molecule has 1 aromatic rings. The normalized spacial score (nSPS) is 24.1. The van der Waals surface area contributed by atoms with Crippen molar-refractivity contribution < 1.29 is 8.42 Å². The highest BCUT2D eigenvalue weighted by molar-refractivity contribution is 7.91. The molecule has 4 N–H and O–H groups in total. The Balaban J connectivity index is 2.39. The number of nitrogens with two attached hydrogens (primary N) is 2. The van der Waals surface area contributed by atoms with Crippen LogP contribution in [0.15, 0.2) is 6.07 Å². The molecule has 1 aliphatic rings. The number of nitrogens with zero attached hydrogens (tertiary/aromatic N) is 2. The zero-order valence-electron chi connectivity index (χ0n) is 8.76. The third-order valence-electron chi connectivity index (χ3n) is 2.78. The van der Waals surface area contributed by atoms with Crippen LogP contribution in [0.4, 0.5) is 11.5 Å². The molecular weight excluding hydrogens is 228 g/mol. The molecule has 1 saturated heterocycles. The molecule has 6 nitrogen and oxygen atoms in total. The van der Waals surface area contributed by atoms with Crippen molar-refractivity contribution in [1.82, 2.24) is 10.2 Å². The van der Waals surface area contributed by atoms with Gasteiger partial charge < -0.3 is 11.5 Å². The summed E-state index contributed by atoms with van der Waals surface area (Å²) in [6.07, 6.45) is 2.19. The number of nitrogen functional groups attached to an aromatic ring is 2. The van der Waals surface area contributed by atoms with Crippen LogP contribution in [-0.2, 0) is 9.84 Å². The average molecular weight is 242 g/mol. The maximum absolute atomic E-state index is 11.8. The summed E-state index contributed by atoms with van der Waals surface area (Å²) in [5.74, 6) is 0.348. The van der Waals surface area contributed by atoms with Crippen molar-refractivity contribution in [2.45, 2.75) is 24.5 Å². The summed E-state index contributed by atoms with van der Waals surface area (Å²) in [6, 6.07) is 1.51. The van der Waals surface area contributed by atoms with Crippen LogP contribution in [0, 0.1) is 0 Å². The minimum absolute atomic E-state index is 0.136. The van der Waals surface area contributed by atoms with E-state index in [0.717, 1.165) is 12.8 Å². The van der Waals surface area contributed by atoms with E-state index >= 15 is 0 Å². The molecule has 1 fully saturated rings. The molecule has 0 amide bonds. The molecule has 2 rings (SSSR count). The first-order valence-corrected chi connectivity index (χ1v) is 6.82. The average Bonchev–Trinajstić information content (AvgIpc) is 2.22. The van der Waals surface area contributed by atoms with Crippen molar-refractivity contribution in [3.63, 3.8) is 0 Å². The summed E-state index contributed by atoms with van der Waals surface area (Å²) < 4.78 is 23.7. The van der Waals surface area contributed by atoms with E-state index < -0.39 is 15.1 Å². The molecule has 0 radical (unpaired) electrons. The second kappa shape index (κ2) is 3.89. The lowest BCUT2D eigenvalue weighted by Crippen LogP contribution is -2.23. The fraction of sp³-hybridized carbons (Fsp3) is 0.556. The summed E-state index contributed by atoms with van der Waals surface area (Å²) in [5, 5.41) is 6.91. The van der Waals surface area contributed by atoms with Crippen LogP contribution in [0.5, 0.6) is 0 Å². The topological polar surface area (TPSA) is 112 Å². The Hall–Kier alpha value is -1.37. The van der Waals surface area contributed by atoms with Crippen LogP contribution in [-0.4, -0.2) is 24.4 Å². The second-order valence-corrected chi connectivity index (χ2v) is 6.26. The number of hydrogen-bond acceptors (Lipinski definition) is 6. The molecule has 1 aromatic heterocycles. The largest absolute Gasteiger partial charge is 0.396 e. The van der Waals surface area contributed by atoms with Crippen molar-refractivity contribution in [3.8, 4) is 0 Å². The molecule has 0 spiro atoms. The van der Waals surface area contributed by atoms with Crippen LogP contribution in [0.2, 0.25) is 0 Å². The van der Waals surface area contributed by atoms with Crippen LogP contribution in [0.3, 0.4) is 0 Å². The maximum atomic E-state index is 11.8. The lowest BCUT2D eigenvalue weighted by Gasteiger charge is -2.21. The minimum Gasteiger partial charge on any atom is -0.396 e.